The Morgan fingerprint density at radius 3 is 2.30 bits per heavy atom. The molecule has 0 saturated heterocycles. The van der Waals surface area contributed by atoms with Crippen molar-refractivity contribution in [1.29, 1.82) is 0 Å². The minimum absolute atomic E-state index is 0.00322. The number of aryl methyl sites for hydroxylation is 2. The molecule has 1 unspecified atom stereocenters. The maximum atomic E-state index is 13.3. The fourth-order valence-corrected chi connectivity index (χ4v) is 3.44. The third-order valence-corrected chi connectivity index (χ3v) is 5.84. The van der Waals surface area contributed by atoms with E-state index in [0.29, 0.717) is 18.7 Å². The van der Waals surface area contributed by atoms with Crippen LogP contribution in [0.15, 0.2) is 42.6 Å². The van der Waals surface area contributed by atoms with Gasteiger partial charge in [-0.05, 0) is 56.0 Å². The van der Waals surface area contributed by atoms with Crippen LogP contribution < -0.4 is 0 Å². The molecule has 0 fully saturated rings. The van der Waals surface area contributed by atoms with Gasteiger partial charge in [0.2, 0.25) is 5.91 Å². The Labute approximate surface area is 181 Å². The van der Waals surface area contributed by atoms with E-state index >= 15 is 0 Å². The van der Waals surface area contributed by atoms with E-state index < -0.39 is 0 Å². The second-order valence-corrected chi connectivity index (χ2v) is 8.02. The lowest BCUT2D eigenvalue weighted by atomic mass is 10.1. The normalized spacial score (nSPS) is 11.9. The topological polar surface area (TPSA) is 45.6 Å². The van der Waals surface area contributed by atoms with Gasteiger partial charge in [-0.15, -0.1) is 0 Å². The molecular formula is C25H37N3O2. The molecule has 0 spiro atoms. The highest BCUT2D eigenvalue weighted by molar-refractivity contribution is 5.96. The number of benzene rings is 1. The van der Waals surface area contributed by atoms with Gasteiger partial charge in [-0.1, -0.05) is 39.3 Å². The molecule has 5 heteroatoms. The van der Waals surface area contributed by atoms with Crippen molar-refractivity contribution in [3.05, 3.63) is 59.4 Å². The monoisotopic (exact) mass is 411 g/mol. The van der Waals surface area contributed by atoms with Crippen molar-refractivity contribution in [3.8, 4) is 0 Å². The molecule has 1 heterocycles. The smallest absolute Gasteiger partial charge is 0.254 e. The summed E-state index contributed by atoms with van der Waals surface area (Å²) in [5, 5.41) is 0. The summed E-state index contributed by atoms with van der Waals surface area (Å²) in [4.78, 5) is 30.1. The molecule has 0 N–H and O–H groups in total. The molecule has 0 saturated carbocycles. The lowest BCUT2D eigenvalue weighted by Gasteiger charge is -2.31. The molecule has 0 radical (unpaired) electrons. The number of hydrogen-bond donors (Lipinski definition) is 0. The van der Waals surface area contributed by atoms with Gasteiger partial charge >= 0.3 is 0 Å². The van der Waals surface area contributed by atoms with Crippen molar-refractivity contribution >= 4 is 11.8 Å². The maximum absolute atomic E-state index is 13.3. The molecule has 30 heavy (non-hydrogen) atoms. The van der Waals surface area contributed by atoms with Crippen molar-refractivity contribution in [2.24, 2.45) is 7.05 Å². The molecule has 0 bridgehead atoms. The second-order valence-electron chi connectivity index (χ2n) is 8.02. The van der Waals surface area contributed by atoms with Gasteiger partial charge in [-0.2, -0.15) is 0 Å². The standard InChI is InChI=1S/C25H37N3O2/c1-6-9-17-27(18-23-11-10-16-26(23)5)24(29)19-28(20(4)7-2)25(30)22-14-12-21(8-3)13-15-22/h10-16,20H,6-9,17-19H2,1-5H3. The van der Waals surface area contributed by atoms with Crippen molar-refractivity contribution in [1.82, 2.24) is 14.4 Å². The van der Waals surface area contributed by atoms with Crippen LogP contribution in [0.2, 0.25) is 0 Å². The van der Waals surface area contributed by atoms with Crippen LogP contribution in [0.4, 0.5) is 0 Å². The van der Waals surface area contributed by atoms with E-state index in [1.165, 1.54) is 5.56 Å². The Morgan fingerprint density at radius 2 is 1.77 bits per heavy atom. The Kier molecular flexibility index (Phi) is 9.15. The van der Waals surface area contributed by atoms with Gasteiger partial charge in [0.05, 0.1) is 6.54 Å². The zero-order valence-electron chi connectivity index (χ0n) is 19.2. The van der Waals surface area contributed by atoms with Crippen LogP contribution in [0.1, 0.15) is 68.6 Å². The molecule has 1 aromatic carbocycles. The predicted molar refractivity (Wildman–Crippen MR) is 122 cm³/mol. The van der Waals surface area contributed by atoms with Crippen LogP contribution in [0.3, 0.4) is 0 Å². The highest BCUT2D eigenvalue weighted by Gasteiger charge is 2.26. The third-order valence-electron chi connectivity index (χ3n) is 5.84. The lowest BCUT2D eigenvalue weighted by Crippen LogP contribution is -2.46. The summed E-state index contributed by atoms with van der Waals surface area (Å²) in [6.07, 6.45) is 5.71. The zero-order valence-corrected chi connectivity index (χ0v) is 19.2. The molecule has 1 atom stereocenters. The van der Waals surface area contributed by atoms with Gasteiger partial charge in [-0.25, -0.2) is 0 Å². The first-order chi connectivity index (χ1) is 14.4. The Morgan fingerprint density at radius 1 is 1.07 bits per heavy atom. The van der Waals surface area contributed by atoms with Crippen LogP contribution in [-0.2, 0) is 24.8 Å². The van der Waals surface area contributed by atoms with E-state index in [9.17, 15) is 9.59 Å². The van der Waals surface area contributed by atoms with E-state index in [2.05, 4.69) is 20.8 Å². The van der Waals surface area contributed by atoms with E-state index in [1.807, 2.05) is 66.0 Å². The van der Waals surface area contributed by atoms with Gasteiger partial charge in [0.25, 0.3) is 5.91 Å². The van der Waals surface area contributed by atoms with Crippen LogP contribution in [0.25, 0.3) is 0 Å². The zero-order chi connectivity index (χ0) is 22.1. The summed E-state index contributed by atoms with van der Waals surface area (Å²) < 4.78 is 2.04. The summed E-state index contributed by atoms with van der Waals surface area (Å²) in [6.45, 7) is 9.66. The molecule has 1 aromatic heterocycles. The lowest BCUT2D eigenvalue weighted by molar-refractivity contribution is -0.133. The van der Waals surface area contributed by atoms with Gasteiger partial charge in [0.15, 0.2) is 0 Å². The SMILES string of the molecule is CCCCN(Cc1cccn1C)C(=O)CN(C(=O)c1ccc(CC)cc1)C(C)CC. The molecule has 5 nitrogen and oxygen atoms in total. The first kappa shape index (κ1) is 23.7. The first-order valence-electron chi connectivity index (χ1n) is 11.2. The molecule has 2 rings (SSSR count). The van der Waals surface area contributed by atoms with Crippen molar-refractivity contribution in [2.45, 2.75) is 66.0 Å². The fraction of sp³-hybridized carbons (Fsp3) is 0.520. The average molecular weight is 412 g/mol. The number of aromatic nitrogens is 1. The van der Waals surface area contributed by atoms with Crippen molar-refractivity contribution in [2.75, 3.05) is 13.1 Å². The van der Waals surface area contributed by atoms with E-state index in [4.69, 9.17) is 0 Å². The summed E-state index contributed by atoms with van der Waals surface area (Å²) in [5.41, 5.74) is 2.94. The Balaban J connectivity index is 2.19. The highest BCUT2D eigenvalue weighted by Crippen LogP contribution is 2.15. The number of amides is 2. The fourth-order valence-electron chi connectivity index (χ4n) is 3.44. The summed E-state index contributed by atoms with van der Waals surface area (Å²) >= 11 is 0. The van der Waals surface area contributed by atoms with Crippen LogP contribution in [-0.4, -0.2) is 45.3 Å². The molecule has 0 aliphatic heterocycles. The predicted octanol–water partition coefficient (Wildman–Crippen LogP) is 4.66. The molecule has 0 aliphatic carbocycles. The van der Waals surface area contributed by atoms with E-state index in [1.54, 1.807) is 4.90 Å². The number of carbonyl (C=O) groups is 2. The van der Waals surface area contributed by atoms with Gasteiger partial charge < -0.3 is 14.4 Å². The average Bonchev–Trinajstić information content (AvgIpc) is 3.18. The van der Waals surface area contributed by atoms with E-state index in [-0.39, 0.29) is 24.4 Å². The number of carbonyl (C=O) groups excluding carboxylic acids is 2. The molecule has 164 valence electrons. The minimum atomic E-state index is -0.0744. The van der Waals surface area contributed by atoms with Gasteiger partial charge in [0, 0.05) is 37.1 Å². The van der Waals surface area contributed by atoms with Crippen LogP contribution >= 0.6 is 0 Å². The minimum Gasteiger partial charge on any atom is -0.353 e. The molecular weight excluding hydrogens is 374 g/mol. The number of nitrogens with zero attached hydrogens (tertiary/aromatic N) is 3. The second kappa shape index (κ2) is 11.6. The summed E-state index contributed by atoms with van der Waals surface area (Å²) in [6, 6.07) is 11.8. The maximum Gasteiger partial charge on any atom is 0.254 e. The number of unbranched alkanes of at least 4 members (excludes halogenated alkanes) is 1. The Hall–Kier alpha value is -2.56. The number of rotatable bonds is 11. The largest absolute Gasteiger partial charge is 0.353 e. The molecule has 2 aromatic rings. The molecule has 0 aliphatic rings. The van der Waals surface area contributed by atoms with Gasteiger partial charge in [-0.3, -0.25) is 9.59 Å². The summed E-state index contributed by atoms with van der Waals surface area (Å²) in [7, 11) is 1.99. The van der Waals surface area contributed by atoms with Gasteiger partial charge in [0.1, 0.15) is 6.54 Å². The Bertz CT molecular complexity index is 810. The van der Waals surface area contributed by atoms with Crippen molar-refractivity contribution < 1.29 is 9.59 Å². The first-order valence-corrected chi connectivity index (χ1v) is 11.2. The van der Waals surface area contributed by atoms with Crippen molar-refractivity contribution in [3.63, 3.8) is 0 Å². The van der Waals surface area contributed by atoms with Crippen LogP contribution in [0.5, 0.6) is 0 Å². The highest BCUT2D eigenvalue weighted by atomic mass is 16.2. The van der Waals surface area contributed by atoms with Crippen LogP contribution in [0, 0.1) is 0 Å². The summed E-state index contributed by atoms with van der Waals surface area (Å²) in [5.74, 6) is -0.0712. The molecule has 2 amide bonds. The third kappa shape index (κ3) is 6.22. The van der Waals surface area contributed by atoms with E-state index in [0.717, 1.165) is 31.4 Å². The number of hydrogen-bond acceptors (Lipinski definition) is 2. The quantitative estimate of drug-likeness (QED) is 0.540.